The van der Waals surface area contributed by atoms with Crippen molar-refractivity contribution in [2.24, 2.45) is 11.7 Å². The van der Waals surface area contributed by atoms with Crippen molar-refractivity contribution < 1.29 is 14.6 Å². The molecule has 0 amide bonds. The van der Waals surface area contributed by atoms with Crippen molar-refractivity contribution in [2.75, 3.05) is 19.5 Å². The zero-order valence-corrected chi connectivity index (χ0v) is 17.5. The average molecular weight is 415 g/mol. The summed E-state index contributed by atoms with van der Waals surface area (Å²) in [4.78, 5) is 0. The second-order valence-corrected chi connectivity index (χ2v) is 8.16. The van der Waals surface area contributed by atoms with Gasteiger partial charge in [0.1, 0.15) is 5.84 Å². The minimum Gasteiger partial charge on any atom is -0.504 e. The lowest BCUT2D eigenvalue weighted by molar-refractivity contribution is 0.330. The van der Waals surface area contributed by atoms with Gasteiger partial charge in [0, 0.05) is 17.2 Å². The van der Waals surface area contributed by atoms with Gasteiger partial charge in [-0.1, -0.05) is 24.3 Å². The van der Waals surface area contributed by atoms with E-state index in [1.54, 1.807) is 13.2 Å². The molecule has 3 aromatic carbocycles. The monoisotopic (exact) mass is 415 g/mol. The van der Waals surface area contributed by atoms with Gasteiger partial charge in [-0.25, -0.2) is 0 Å². The lowest BCUT2D eigenvalue weighted by Gasteiger charge is -2.38. The Balaban J connectivity index is 1.67. The van der Waals surface area contributed by atoms with E-state index in [4.69, 9.17) is 20.6 Å². The molecular weight excluding hydrogens is 390 g/mol. The van der Waals surface area contributed by atoms with E-state index in [9.17, 15) is 5.11 Å². The molecule has 0 radical (unpaired) electrons. The highest BCUT2D eigenvalue weighted by atomic mass is 16.5. The van der Waals surface area contributed by atoms with Crippen LogP contribution in [0.25, 0.3) is 0 Å². The molecule has 0 saturated heterocycles. The Labute approximate surface area is 181 Å². The Morgan fingerprint density at radius 3 is 2.61 bits per heavy atom. The molecule has 31 heavy (non-hydrogen) atoms. The molecule has 1 aliphatic heterocycles. The van der Waals surface area contributed by atoms with E-state index in [-0.39, 0.29) is 29.5 Å². The third kappa shape index (κ3) is 2.98. The molecule has 1 heterocycles. The van der Waals surface area contributed by atoms with Gasteiger partial charge in [-0.2, -0.15) is 0 Å². The smallest absolute Gasteiger partial charge is 0.203 e. The third-order valence-corrected chi connectivity index (χ3v) is 6.55. The van der Waals surface area contributed by atoms with Crippen LogP contribution in [0.5, 0.6) is 17.2 Å². The summed E-state index contributed by atoms with van der Waals surface area (Å²) in [6.45, 7) is 0. The highest BCUT2D eigenvalue weighted by Crippen LogP contribution is 2.55. The van der Waals surface area contributed by atoms with Gasteiger partial charge in [0.05, 0.1) is 20.3 Å². The van der Waals surface area contributed by atoms with Gasteiger partial charge in [-0.3, -0.25) is 5.41 Å². The van der Waals surface area contributed by atoms with Crippen LogP contribution in [0.2, 0.25) is 0 Å². The summed E-state index contributed by atoms with van der Waals surface area (Å²) in [6, 6.07) is 18.1. The topological polar surface area (TPSA) is 101 Å². The summed E-state index contributed by atoms with van der Waals surface area (Å²) in [6.07, 6.45) is 0.914. The largest absolute Gasteiger partial charge is 0.504 e. The molecule has 2 aliphatic rings. The molecule has 5 rings (SSSR count). The van der Waals surface area contributed by atoms with Crippen molar-refractivity contribution in [3.63, 3.8) is 0 Å². The van der Waals surface area contributed by atoms with Crippen LogP contribution < -0.4 is 20.5 Å². The van der Waals surface area contributed by atoms with Gasteiger partial charge in [-0.15, -0.1) is 0 Å². The van der Waals surface area contributed by atoms with Crippen molar-refractivity contribution in [1.29, 1.82) is 5.41 Å². The first-order valence-electron chi connectivity index (χ1n) is 10.3. The van der Waals surface area contributed by atoms with E-state index < -0.39 is 0 Å². The predicted molar refractivity (Wildman–Crippen MR) is 121 cm³/mol. The molecular formula is C25H25N3O3. The van der Waals surface area contributed by atoms with Crippen molar-refractivity contribution in [3.05, 3.63) is 82.4 Å². The van der Waals surface area contributed by atoms with E-state index in [1.165, 1.54) is 18.2 Å². The van der Waals surface area contributed by atoms with Crippen molar-refractivity contribution in [2.45, 2.75) is 18.4 Å². The van der Waals surface area contributed by atoms with Crippen molar-refractivity contribution in [1.82, 2.24) is 0 Å². The normalized spacial score (nSPS) is 20.8. The number of phenols is 1. The van der Waals surface area contributed by atoms with Gasteiger partial charge in [0.2, 0.25) is 5.75 Å². The van der Waals surface area contributed by atoms with Crippen LogP contribution in [-0.4, -0.2) is 25.2 Å². The quantitative estimate of drug-likeness (QED) is 0.379. The van der Waals surface area contributed by atoms with Crippen molar-refractivity contribution >= 4 is 11.5 Å². The molecule has 0 spiro atoms. The number of amidine groups is 1. The second-order valence-electron chi connectivity index (χ2n) is 8.16. The van der Waals surface area contributed by atoms with E-state index in [0.29, 0.717) is 11.5 Å². The fraction of sp³-hybridized carbons (Fsp3) is 0.240. The summed E-state index contributed by atoms with van der Waals surface area (Å²) in [7, 11) is 3.09. The fourth-order valence-electron chi connectivity index (χ4n) is 5.20. The SMILES string of the molecule is COc1cc(C2Nc3ccc(C(=N)N)cc3C3c4ccccc4CC23)cc(O)c1OC. The molecule has 0 saturated carbocycles. The first-order chi connectivity index (χ1) is 15.0. The molecule has 3 unspecified atom stereocenters. The summed E-state index contributed by atoms with van der Waals surface area (Å²) in [5.74, 6) is 1.38. The third-order valence-electron chi connectivity index (χ3n) is 6.55. The molecule has 158 valence electrons. The Morgan fingerprint density at radius 2 is 1.87 bits per heavy atom. The molecule has 0 fully saturated rings. The van der Waals surface area contributed by atoms with Crippen LogP contribution in [0.15, 0.2) is 54.6 Å². The first-order valence-corrected chi connectivity index (χ1v) is 10.3. The molecule has 3 atom stereocenters. The van der Waals surface area contributed by atoms with Crippen molar-refractivity contribution in [3.8, 4) is 17.2 Å². The Kier molecular flexibility index (Phi) is 4.50. The zero-order valence-electron chi connectivity index (χ0n) is 17.5. The summed E-state index contributed by atoms with van der Waals surface area (Å²) >= 11 is 0. The Morgan fingerprint density at radius 1 is 1.06 bits per heavy atom. The number of aromatic hydroxyl groups is 1. The molecule has 6 heteroatoms. The number of nitrogens with two attached hydrogens (primary N) is 1. The van der Waals surface area contributed by atoms with Gasteiger partial charge >= 0.3 is 0 Å². The summed E-state index contributed by atoms with van der Waals surface area (Å²) in [5, 5.41) is 22.1. The maximum absolute atomic E-state index is 10.6. The highest BCUT2D eigenvalue weighted by molar-refractivity contribution is 5.95. The van der Waals surface area contributed by atoms with Crippen LogP contribution in [-0.2, 0) is 6.42 Å². The molecule has 6 nitrogen and oxygen atoms in total. The Hall–Kier alpha value is -3.67. The number of methoxy groups -OCH3 is 2. The van der Waals surface area contributed by atoms with Gasteiger partial charge in [0.15, 0.2) is 11.5 Å². The number of nitrogens with one attached hydrogen (secondary N) is 2. The van der Waals surface area contributed by atoms with E-state index >= 15 is 0 Å². The minimum atomic E-state index is -0.0289. The average Bonchev–Trinajstić information content (AvgIpc) is 3.17. The first kappa shape index (κ1) is 19.3. The van der Waals surface area contributed by atoms with E-state index in [2.05, 4.69) is 29.6 Å². The fourth-order valence-corrected chi connectivity index (χ4v) is 5.20. The van der Waals surface area contributed by atoms with Crippen LogP contribution in [0, 0.1) is 11.3 Å². The van der Waals surface area contributed by atoms with E-state index in [1.807, 2.05) is 24.3 Å². The molecule has 0 bridgehead atoms. The highest BCUT2D eigenvalue weighted by Gasteiger charge is 2.43. The van der Waals surface area contributed by atoms with Crippen LogP contribution in [0.3, 0.4) is 0 Å². The lowest BCUT2D eigenvalue weighted by atomic mass is 9.75. The lowest BCUT2D eigenvalue weighted by Crippen LogP contribution is -2.30. The standard InChI is InChI=1S/C25H25N3O3/c1-30-21-12-15(11-20(29)24(21)31-2)23-18-9-13-5-3-4-6-16(13)22(18)17-10-14(25(26)27)7-8-19(17)28-23/h3-8,10-12,18,22-23,28-29H,9H2,1-2H3,(H3,26,27). The van der Waals surface area contributed by atoms with E-state index in [0.717, 1.165) is 28.8 Å². The maximum Gasteiger partial charge on any atom is 0.203 e. The second kappa shape index (κ2) is 7.23. The van der Waals surface area contributed by atoms with Crippen LogP contribution in [0.1, 0.15) is 39.8 Å². The zero-order chi connectivity index (χ0) is 21.7. The van der Waals surface area contributed by atoms with Crippen LogP contribution in [0.4, 0.5) is 5.69 Å². The molecule has 5 N–H and O–H groups in total. The van der Waals surface area contributed by atoms with Gasteiger partial charge in [0.25, 0.3) is 0 Å². The Bertz CT molecular complexity index is 1190. The number of rotatable bonds is 4. The number of anilines is 1. The molecule has 3 aromatic rings. The number of phenolic OH excluding ortho intramolecular Hbond substituents is 1. The number of nitrogen functional groups attached to an aromatic ring is 1. The minimum absolute atomic E-state index is 0.0289. The molecule has 0 aromatic heterocycles. The number of fused-ring (bicyclic) bond motifs is 5. The maximum atomic E-state index is 10.6. The summed E-state index contributed by atoms with van der Waals surface area (Å²) < 4.78 is 10.8. The van der Waals surface area contributed by atoms with Crippen LogP contribution >= 0.6 is 0 Å². The van der Waals surface area contributed by atoms with Gasteiger partial charge < -0.3 is 25.6 Å². The summed E-state index contributed by atoms with van der Waals surface area (Å²) in [5.41, 5.74) is 12.3. The number of hydrogen-bond acceptors (Lipinski definition) is 5. The number of ether oxygens (including phenoxy) is 2. The molecule has 1 aliphatic carbocycles. The number of benzene rings is 3. The predicted octanol–water partition coefficient (Wildman–Crippen LogP) is 4.16. The van der Waals surface area contributed by atoms with Gasteiger partial charge in [-0.05, 0) is 64.9 Å². The number of hydrogen-bond donors (Lipinski definition) is 4.